The lowest BCUT2D eigenvalue weighted by atomic mass is 10.2. The van der Waals surface area contributed by atoms with Gasteiger partial charge in [-0.2, -0.15) is 0 Å². The van der Waals surface area contributed by atoms with Crippen LogP contribution in [-0.2, 0) is 4.79 Å². The van der Waals surface area contributed by atoms with Crippen LogP contribution >= 0.6 is 23.4 Å². The Morgan fingerprint density at radius 1 is 1.11 bits per heavy atom. The molecule has 0 saturated carbocycles. The number of carbonyl (C=O) groups is 2. The largest absolute Gasteiger partial charge is 0.451 e. The van der Waals surface area contributed by atoms with E-state index in [1.165, 1.54) is 24.3 Å². The van der Waals surface area contributed by atoms with E-state index < -0.39 is 23.1 Å². The molecule has 2 N–H and O–H groups in total. The molecular weight excluding hydrogens is 395 g/mol. The van der Waals surface area contributed by atoms with Crippen LogP contribution in [0.25, 0.3) is 11.0 Å². The zero-order chi connectivity index (χ0) is 19.4. The summed E-state index contributed by atoms with van der Waals surface area (Å²) < 4.78 is 18.9. The number of thioether (sulfide) groups is 1. The molecule has 138 valence electrons. The van der Waals surface area contributed by atoms with E-state index in [2.05, 4.69) is 10.9 Å². The van der Waals surface area contributed by atoms with Crippen molar-refractivity contribution in [3.05, 3.63) is 75.4 Å². The average molecular weight is 407 g/mol. The second kappa shape index (κ2) is 8.24. The summed E-state index contributed by atoms with van der Waals surface area (Å²) in [4.78, 5) is 36.3. The van der Waals surface area contributed by atoms with Crippen molar-refractivity contribution in [3.8, 4) is 0 Å². The zero-order valence-electron chi connectivity index (χ0n) is 13.6. The van der Waals surface area contributed by atoms with Gasteiger partial charge in [-0.05, 0) is 30.3 Å². The maximum Gasteiger partial charge on any atom is 0.305 e. The highest BCUT2D eigenvalue weighted by molar-refractivity contribution is 8.00. The Labute approximate surface area is 161 Å². The summed E-state index contributed by atoms with van der Waals surface area (Å²) in [6, 6.07) is 11.5. The van der Waals surface area contributed by atoms with Gasteiger partial charge >= 0.3 is 5.91 Å². The molecule has 3 aromatic rings. The molecule has 27 heavy (non-hydrogen) atoms. The van der Waals surface area contributed by atoms with Gasteiger partial charge < -0.3 is 4.42 Å². The minimum Gasteiger partial charge on any atom is -0.451 e. The van der Waals surface area contributed by atoms with Crippen LogP contribution in [0.5, 0.6) is 0 Å². The van der Waals surface area contributed by atoms with E-state index in [-0.39, 0.29) is 22.5 Å². The third-order valence-corrected chi connectivity index (χ3v) is 4.71. The van der Waals surface area contributed by atoms with Crippen LogP contribution in [0, 0.1) is 5.82 Å². The first-order valence-electron chi connectivity index (χ1n) is 7.64. The molecule has 0 aliphatic heterocycles. The molecule has 2 amide bonds. The topological polar surface area (TPSA) is 88.4 Å². The fourth-order valence-electron chi connectivity index (χ4n) is 2.17. The molecule has 0 radical (unpaired) electrons. The monoisotopic (exact) mass is 406 g/mol. The molecule has 6 nitrogen and oxygen atoms in total. The van der Waals surface area contributed by atoms with Crippen LogP contribution in [0.1, 0.15) is 10.6 Å². The highest BCUT2D eigenvalue weighted by Gasteiger charge is 2.14. The van der Waals surface area contributed by atoms with E-state index in [9.17, 15) is 18.8 Å². The molecule has 0 bridgehead atoms. The Morgan fingerprint density at radius 3 is 2.67 bits per heavy atom. The average Bonchev–Trinajstić information content (AvgIpc) is 2.65. The summed E-state index contributed by atoms with van der Waals surface area (Å²) in [5.74, 6) is -2.16. The number of benzene rings is 2. The Morgan fingerprint density at radius 2 is 1.89 bits per heavy atom. The van der Waals surface area contributed by atoms with Crippen LogP contribution in [0.2, 0.25) is 5.02 Å². The lowest BCUT2D eigenvalue weighted by Gasteiger charge is -2.07. The summed E-state index contributed by atoms with van der Waals surface area (Å²) in [6.07, 6.45) is 0. The van der Waals surface area contributed by atoms with Gasteiger partial charge in [-0.15, -0.1) is 11.8 Å². The molecular formula is C18H12ClFN2O4S. The maximum absolute atomic E-state index is 13.5. The van der Waals surface area contributed by atoms with Crippen LogP contribution in [0.4, 0.5) is 4.39 Å². The highest BCUT2D eigenvalue weighted by Crippen LogP contribution is 2.20. The molecule has 0 saturated heterocycles. The Balaban J connectivity index is 1.61. The number of hydrogen-bond acceptors (Lipinski definition) is 5. The van der Waals surface area contributed by atoms with Crippen molar-refractivity contribution in [1.29, 1.82) is 0 Å². The minimum absolute atomic E-state index is 0.110. The van der Waals surface area contributed by atoms with Crippen molar-refractivity contribution in [1.82, 2.24) is 10.9 Å². The number of halogens is 2. The van der Waals surface area contributed by atoms with Crippen molar-refractivity contribution in [3.63, 3.8) is 0 Å². The van der Waals surface area contributed by atoms with Crippen molar-refractivity contribution in [2.45, 2.75) is 4.90 Å². The number of amides is 2. The predicted octanol–water partition coefficient (Wildman–Crippen LogP) is 3.14. The third-order valence-electron chi connectivity index (χ3n) is 3.42. The predicted molar refractivity (Wildman–Crippen MR) is 100 cm³/mol. The molecule has 0 atom stereocenters. The van der Waals surface area contributed by atoms with Gasteiger partial charge in [-0.3, -0.25) is 25.2 Å². The van der Waals surface area contributed by atoms with Gasteiger partial charge in [0.2, 0.25) is 5.91 Å². The van der Waals surface area contributed by atoms with Crippen LogP contribution in [-0.4, -0.2) is 17.6 Å². The molecule has 9 heteroatoms. The summed E-state index contributed by atoms with van der Waals surface area (Å²) >= 11 is 6.81. The van der Waals surface area contributed by atoms with E-state index in [1.807, 2.05) is 0 Å². The van der Waals surface area contributed by atoms with Crippen molar-refractivity contribution >= 4 is 46.1 Å². The first-order chi connectivity index (χ1) is 12.9. The fraction of sp³-hybridized carbons (Fsp3) is 0.0556. The Bertz CT molecular complexity index is 1090. The SMILES string of the molecule is O=C(CSc1ccccc1F)NNC(=O)c1cc(=O)c2cc(Cl)ccc2o1. The molecule has 0 spiro atoms. The number of hydrazine groups is 1. The maximum atomic E-state index is 13.5. The quantitative estimate of drug-likeness (QED) is 0.513. The number of carbonyl (C=O) groups excluding carboxylic acids is 2. The standard InChI is InChI=1S/C18H12ClFN2O4S/c19-10-5-6-14-11(7-10)13(23)8-15(26-14)18(25)22-21-17(24)9-27-16-4-2-1-3-12(16)20/h1-8H,9H2,(H,21,24)(H,22,25). The second-order valence-corrected chi connectivity index (χ2v) is 6.79. The van der Waals surface area contributed by atoms with Gasteiger partial charge in [0.15, 0.2) is 11.2 Å². The van der Waals surface area contributed by atoms with Gasteiger partial charge in [-0.1, -0.05) is 23.7 Å². The van der Waals surface area contributed by atoms with Crippen LogP contribution in [0.15, 0.2) is 62.6 Å². The van der Waals surface area contributed by atoms with E-state index >= 15 is 0 Å². The zero-order valence-corrected chi connectivity index (χ0v) is 15.2. The van der Waals surface area contributed by atoms with Crippen LogP contribution in [0.3, 0.4) is 0 Å². The smallest absolute Gasteiger partial charge is 0.305 e. The van der Waals surface area contributed by atoms with E-state index in [4.69, 9.17) is 16.0 Å². The molecule has 1 aromatic heterocycles. The van der Waals surface area contributed by atoms with Gasteiger partial charge in [-0.25, -0.2) is 4.39 Å². The lowest BCUT2D eigenvalue weighted by Crippen LogP contribution is -2.42. The number of nitrogens with one attached hydrogen (secondary N) is 2. The number of hydrogen-bond donors (Lipinski definition) is 2. The molecule has 1 heterocycles. The van der Waals surface area contributed by atoms with E-state index in [0.717, 1.165) is 17.8 Å². The highest BCUT2D eigenvalue weighted by atomic mass is 35.5. The Kier molecular flexibility index (Phi) is 5.78. The normalized spacial score (nSPS) is 10.6. The molecule has 0 fully saturated rings. The first kappa shape index (κ1) is 18.9. The molecule has 2 aromatic carbocycles. The number of rotatable bonds is 4. The Hall–Kier alpha value is -2.84. The molecule has 3 rings (SSSR count). The summed E-state index contributed by atoms with van der Waals surface area (Å²) in [5.41, 5.74) is 4.08. The first-order valence-corrected chi connectivity index (χ1v) is 9.00. The van der Waals surface area contributed by atoms with E-state index in [0.29, 0.717) is 9.92 Å². The molecule has 0 aliphatic rings. The minimum atomic E-state index is -0.798. The third kappa shape index (κ3) is 4.66. The van der Waals surface area contributed by atoms with Crippen molar-refractivity contribution in [2.24, 2.45) is 0 Å². The van der Waals surface area contributed by atoms with Gasteiger partial charge in [0.25, 0.3) is 0 Å². The molecule has 0 aliphatic carbocycles. The summed E-state index contributed by atoms with van der Waals surface area (Å²) in [6.45, 7) is 0. The van der Waals surface area contributed by atoms with Gasteiger partial charge in [0, 0.05) is 16.0 Å². The summed E-state index contributed by atoms with van der Waals surface area (Å²) in [7, 11) is 0. The van der Waals surface area contributed by atoms with Crippen LogP contribution < -0.4 is 16.3 Å². The van der Waals surface area contributed by atoms with Crippen molar-refractivity contribution < 1.29 is 18.4 Å². The van der Waals surface area contributed by atoms with Gasteiger partial charge in [0.1, 0.15) is 11.4 Å². The van der Waals surface area contributed by atoms with Crippen molar-refractivity contribution in [2.75, 3.05) is 5.75 Å². The van der Waals surface area contributed by atoms with E-state index in [1.54, 1.807) is 18.2 Å². The summed E-state index contributed by atoms with van der Waals surface area (Å²) in [5, 5.41) is 0.607. The molecule has 0 unspecified atom stereocenters. The fourth-order valence-corrected chi connectivity index (χ4v) is 3.08. The van der Waals surface area contributed by atoms with Gasteiger partial charge in [0.05, 0.1) is 11.1 Å². The number of fused-ring (bicyclic) bond motifs is 1. The second-order valence-electron chi connectivity index (χ2n) is 5.34. The lowest BCUT2D eigenvalue weighted by molar-refractivity contribution is -0.119.